The Balaban J connectivity index is 1.71. The Morgan fingerprint density at radius 1 is 1.16 bits per heavy atom. The molecule has 1 heterocycles. The predicted octanol–water partition coefficient (Wildman–Crippen LogP) is 2.25. The van der Waals surface area contributed by atoms with E-state index in [1.807, 2.05) is 6.92 Å². The minimum atomic E-state index is -0.407. The average molecular weight is 340 g/mol. The van der Waals surface area contributed by atoms with Crippen LogP contribution >= 0.6 is 0 Å². The van der Waals surface area contributed by atoms with Crippen molar-refractivity contribution >= 4 is 23.2 Å². The molecule has 0 unspecified atom stereocenters. The molecule has 1 aliphatic rings. The summed E-state index contributed by atoms with van der Waals surface area (Å²) in [6, 6.07) is 9.69. The molecule has 130 valence electrons. The molecule has 7 heteroatoms. The van der Waals surface area contributed by atoms with Crippen LogP contribution in [0.5, 0.6) is 0 Å². The largest absolute Gasteiger partial charge is 0.326 e. The van der Waals surface area contributed by atoms with Crippen molar-refractivity contribution in [1.29, 1.82) is 0 Å². The second kappa shape index (κ2) is 7.29. The smallest absolute Gasteiger partial charge is 0.276 e. The lowest BCUT2D eigenvalue weighted by molar-refractivity contribution is -0.117. The first kappa shape index (κ1) is 16.9. The molecular formula is C18H20N4O3. The van der Waals surface area contributed by atoms with Gasteiger partial charge in [-0.1, -0.05) is 13.0 Å². The molecule has 2 amide bonds. The van der Waals surface area contributed by atoms with Gasteiger partial charge in [0.1, 0.15) is 5.69 Å². The number of carbonyl (C=O) groups excluding carboxylic acids is 2. The van der Waals surface area contributed by atoms with E-state index in [0.717, 1.165) is 19.3 Å². The predicted molar refractivity (Wildman–Crippen MR) is 94.5 cm³/mol. The van der Waals surface area contributed by atoms with E-state index in [0.29, 0.717) is 17.9 Å². The maximum absolute atomic E-state index is 12.4. The first-order valence-corrected chi connectivity index (χ1v) is 8.37. The average Bonchev–Trinajstić information content (AvgIpc) is 3.42. The van der Waals surface area contributed by atoms with Crippen molar-refractivity contribution in [3.63, 3.8) is 0 Å². The molecule has 0 saturated heterocycles. The van der Waals surface area contributed by atoms with Crippen LogP contribution in [0.15, 0.2) is 41.2 Å². The molecule has 3 rings (SSSR count). The number of carbonyl (C=O) groups is 2. The summed E-state index contributed by atoms with van der Waals surface area (Å²) in [6.07, 6.45) is 2.61. The van der Waals surface area contributed by atoms with Crippen LogP contribution < -0.4 is 16.2 Å². The summed E-state index contributed by atoms with van der Waals surface area (Å²) in [5.41, 5.74) is 1.12. The van der Waals surface area contributed by atoms with Crippen molar-refractivity contribution in [1.82, 2.24) is 9.78 Å². The summed E-state index contributed by atoms with van der Waals surface area (Å²) < 4.78 is 1.28. The van der Waals surface area contributed by atoms with Gasteiger partial charge in [0.2, 0.25) is 5.91 Å². The summed E-state index contributed by atoms with van der Waals surface area (Å²) in [7, 11) is 0. The Kier molecular flexibility index (Phi) is 4.92. The number of aryl methyl sites for hydroxylation is 1. The molecule has 25 heavy (non-hydrogen) atoms. The van der Waals surface area contributed by atoms with Gasteiger partial charge in [-0.25, -0.2) is 4.68 Å². The summed E-state index contributed by atoms with van der Waals surface area (Å²) in [4.78, 5) is 35.9. The van der Waals surface area contributed by atoms with E-state index in [2.05, 4.69) is 15.7 Å². The molecule has 0 aliphatic heterocycles. The quantitative estimate of drug-likeness (QED) is 0.843. The third-order valence-corrected chi connectivity index (χ3v) is 3.87. The number of benzene rings is 1. The molecule has 2 aromatic rings. The van der Waals surface area contributed by atoms with E-state index in [9.17, 15) is 14.4 Å². The summed E-state index contributed by atoms with van der Waals surface area (Å²) >= 11 is 0. The second-order valence-electron chi connectivity index (χ2n) is 6.08. The number of amides is 2. The lowest BCUT2D eigenvalue weighted by Gasteiger charge is -2.09. The van der Waals surface area contributed by atoms with E-state index in [1.165, 1.54) is 16.8 Å². The fourth-order valence-electron chi connectivity index (χ4n) is 2.40. The van der Waals surface area contributed by atoms with Gasteiger partial charge in [0.15, 0.2) is 0 Å². The van der Waals surface area contributed by atoms with Crippen molar-refractivity contribution in [2.45, 2.75) is 32.7 Å². The zero-order valence-corrected chi connectivity index (χ0v) is 14.0. The first-order valence-electron chi connectivity index (χ1n) is 8.37. The van der Waals surface area contributed by atoms with Crippen LogP contribution in [-0.2, 0) is 11.3 Å². The molecule has 1 saturated carbocycles. The zero-order chi connectivity index (χ0) is 17.8. The molecule has 0 atom stereocenters. The van der Waals surface area contributed by atoms with Crippen LogP contribution in [0.4, 0.5) is 11.4 Å². The van der Waals surface area contributed by atoms with Crippen molar-refractivity contribution in [2.75, 3.05) is 10.6 Å². The molecule has 0 bridgehead atoms. The van der Waals surface area contributed by atoms with Gasteiger partial charge < -0.3 is 10.6 Å². The molecule has 7 nitrogen and oxygen atoms in total. The number of nitrogens with one attached hydrogen (secondary N) is 2. The van der Waals surface area contributed by atoms with Gasteiger partial charge in [-0.05, 0) is 43.5 Å². The van der Waals surface area contributed by atoms with Crippen LogP contribution in [0.25, 0.3) is 0 Å². The van der Waals surface area contributed by atoms with E-state index in [1.54, 1.807) is 24.3 Å². The van der Waals surface area contributed by atoms with Crippen molar-refractivity contribution < 1.29 is 9.59 Å². The third-order valence-electron chi connectivity index (χ3n) is 3.87. The Morgan fingerprint density at radius 2 is 1.88 bits per heavy atom. The topological polar surface area (TPSA) is 93.1 Å². The molecule has 2 N–H and O–H groups in total. The van der Waals surface area contributed by atoms with E-state index >= 15 is 0 Å². The van der Waals surface area contributed by atoms with E-state index in [4.69, 9.17) is 0 Å². The van der Waals surface area contributed by atoms with Gasteiger partial charge in [-0.3, -0.25) is 14.4 Å². The van der Waals surface area contributed by atoms with E-state index < -0.39 is 5.91 Å². The lowest BCUT2D eigenvalue weighted by atomic mass is 10.2. The second-order valence-corrected chi connectivity index (χ2v) is 6.08. The fraction of sp³-hybridized carbons (Fsp3) is 0.333. The van der Waals surface area contributed by atoms with Gasteiger partial charge in [-0.2, -0.15) is 5.10 Å². The molecule has 1 fully saturated rings. The Morgan fingerprint density at radius 3 is 2.56 bits per heavy atom. The zero-order valence-electron chi connectivity index (χ0n) is 14.0. The van der Waals surface area contributed by atoms with Crippen LogP contribution in [0, 0.1) is 5.92 Å². The van der Waals surface area contributed by atoms with Gasteiger partial charge in [0.25, 0.3) is 11.5 Å². The van der Waals surface area contributed by atoms with Crippen molar-refractivity contribution in [3.8, 4) is 0 Å². The number of hydrogen-bond acceptors (Lipinski definition) is 4. The summed E-state index contributed by atoms with van der Waals surface area (Å²) in [6.45, 7) is 2.39. The lowest BCUT2D eigenvalue weighted by Crippen LogP contribution is -2.26. The van der Waals surface area contributed by atoms with Crippen LogP contribution in [-0.4, -0.2) is 21.6 Å². The maximum Gasteiger partial charge on any atom is 0.276 e. The fourth-order valence-corrected chi connectivity index (χ4v) is 2.40. The van der Waals surface area contributed by atoms with E-state index in [-0.39, 0.29) is 23.1 Å². The molecule has 0 spiro atoms. The molecule has 1 aliphatic carbocycles. The highest BCUT2D eigenvalue weighted by molar-refractivity contribution is 6.03. The van der Waals surface area contributed by atoms with Gasteiger partial charge >= 0.3 is 0 Å². The maximum atomic E-state index is 12.4. The standard InChI is InChI=1S/C18H20N4O3/c1-2-10-22-16(23)9-8-15(21-22)18(25)20-14-5-3-4-13(11-14)19-17(24)12-6-7-12/h3-5,8-9,11-12H,2,6-7,10H2,1H3,(H,19,24)(H,20,25). The molecule has 1 aromatic carbocycles. The summed E-state index contributed by atoms with van der Waals surface area (Å²) in [5, 5.41) is 9.66. The first-order chi connectivity index (χ1) is 12.1. The number of anilines is 2. The number of hydrogen-bond donors (Lipinski definition) is 2. The van der Waals surface area contributed by atoms with Crippen molar-refractivity contribution in [2.24, 2.45) is 5.92 Å². The number of aromatic nitrogens is 2. The van der Waals surface area contributed by atoms with Crippen LogP contribution in [0.2, 0.25) is 0 Å². The van der Waals surface area contributed by atoms with Crippen molar-refractivity contribution in [3.05, 3.63) is 52.4 Å². The minimum Gasteiger partial charge on any atom is -0.326 e. The molecular weight excluding hydrogens is 320 g/mol. The molecule has 0 radical (unpaired) electrons. The molecule has 1 aromatic heterocycles. The highest BCUT2D eigenvalue weighted by Gasteiger charge is 2.29. The monoisotopic (exact) mass is 340 g/mol. The van der Waals surface area contributed by atoms with Gasteiger partial charge in [0, 0.05) is 29.9 Å². The SMILES string of the molecule is CCCn1nc(C(=O)Nc2cccc(NC(=O)C3CC3)c2)ccc1=O. The normalized spacial score (nSPS) is 13.3. The van der Waals surface area contributed by atoms with Crippen LogP contribution in [0.1, 0.15) is 36.7 Å². The highest BCUT2D eigenvalue weighted by atomic mass is 16.2. The summed E-state index contributed by atoms with van der Waals surface area (Å²) in [5.74, 6) is -0.283. The Hall–Kier alpha value is -2.96. The minimum absolute atomic E-state index is 0.0109. The third kappa shape index (κ3) is 4.32. The number of nitrogens with zero attached hydrogens (tertiary/aromatic N) is 2. The van der Waals surface area contributed by atoms with Crippen LogP contribution in [0.3, 0.4) is 0 Å². The highest BCUT2D eigenvalue weighted by Crippen LogP contribution is 2.30. The Labute approximate surface area is 145 Å². The Bertz CT molecular complexity index is 855. The van der Waals surface area contributed by atoms with Gasteiger partial charge in [-0.15, -0.1) is 0 Å². The van der Waals surface area contributed by atoms with Gasteiger partial charge in [0.05, 0.1) is 0 Å². The number of rotatable bonds is 6.